The second kappa shape index (κ2) is 4.72. The van der Waals surface area contributed by atoms with Gasteiger partial charge in [-0.25, -0.2) is 0 Å². The highest BCUT2D eigenvalue weighted by Crippen LogP contribution is 2.18. The van der Waals surface area contributed by atoms with Crippen LogP contribution in [0.5, 0.6) is 0 Å². The monoisotopic (exact) mass is 230 g/mol. The van der Waals surface area contributed by atoms with E-state index in [2.05, 4.69) is 11.9 Å². The quantitative estimate of drug-likeness (QED) is 0.805. The van der Waals surface area contributed by atoms with Gasteiger partial charge in [-0.1, -0.05) is 18.2 Å². The molecule has 0 aliphatic carbocycles. The molecule has 0 unspecified atom stereocenters. The Bertz CT molecular complexity index is 465. The minimum absolute atomic E-state index is 0.0581. The number of carbonyl (C=O) groups excluding carboxylic acids is 1. The molecule has 0 atom stereocenters. The van der Waals surface area contributed by atoms with E-state index in [0.29, 0.717) is 6.54 Å². The lowest BCUT2D eigenvalue weighted by Crippen LogP contribution is -2.28. The van der Waals surface area contributed by atoms with Crippen molar-refractivity contribution in [2.24, 2.45) is 0 Å². The average molecular weight is 230 g/mol. The zero-order valence-electron chi connectivity index (χ0n) is 10.4. The van der Waals surface area contributed by atoms with Crippen LogP contribution in [-0.4, -0.2) is 24.4 Å². The molecule has 0 aromatic heterocycles. The highest BCUT2D eigenvalue weighted by atomic mass is 16.2. The predicted octanol–water partition coefficient (Wildman–Crippen LogP) is 1.94. The topological polar surface area (TPSA) is 32.3 Å². The molecule has 3 heteroatoms. The van der Waals surface area contributed by atoms with E-state index < -0.39 is 0 Å². The van der Waals surface area contributed by atoms with Crippen molar-refractivity contribution in [3.05, 3.63) is 47.0 Å². The molecule has 0 bridgehead atoms. The largest absolute Gasteiger partial charge is 0.338 e. The van der Waals surface area contributed by atoms with Gasteiger partial charge >= 0.3 is 0 Å². The zero-order valence-corrected chi connectivity index (χ0v) is 10.4. The van der Waals surface area contributed by atoms with Crippen LogP contribution in [0.1, 0.15) is 28.4 Å². The first-order valence-electron chi connectivity index (χ1n) is 5.80. The van der Waals surface area contributed by atoms with E-state index in [0.717, 1.165) is 24.2 Å². The van der Waals surface area contributed by atoms with Crippen molar-refractivity contribution < 1.29 is 4.79 Å². The minimum Gasteiger partial charge on any atom is -0.338 e. The van der Waals surface area contributed by atoms with Crippen molar-refractivity contribution in [1.29, 1.82) is 0 Å². The van der Waals surface area contributed by atoms with Gasteiger partial charge in [0.05, 0.1) is 0 Å². The first-order valence-corrected chi connectivity index (χ1v) is 5.80. The van der Waals surface area contributed by atoms with Crippen molar-refractivity contribution in [2.45, 2.75) is 20.0 Å². The number of rotatable bonds is 3. The van der Waals surface area contributed by atoms with Crippen LogP contribution < -0.4 is 5.32 Å². The molecule has 17 heavy (non-hydrogen) atoms. The molecule has 1 heterocycles. The summed E-state index contributed by atoms with van der Waals surface area (Å²) in [5.41, 5.74) is 4.28. The van der Waals surface area contributed by atoms with E-state index in [1.807, 2.05) is 32.2 Å². The van der Waals surface area contributed by atoms with Gasteiger partial charge in [-0.05, 0) is 30.2 Å². The lowest BCUT2D eigenvalue weighted by molar-refractivity contribution is 0.0807. The molecule has 0 spiro atoms. The van der Waals surface area contributed by atoms with Gasteiger partial charge in [0.15, 0.2) is 0 Å². The van der Waals surface area contributed by atoms with Crippen molar-refractivity contribution in [1.82, 2.24) is 10.2 Å². The Balaban J connectivity index is 2.17. The Hall–Kier alpha value is -1.61. The molecule has 0 fully saturated rings. The first kappa shape index (κ1) is 11.9. The third kappa shape index (κ3) is 2.56. The maximum atomic E-state index is 12.1. The van der Waals surface area contributed by atoms with Crippen LogP contribution in [0.15, 0.2) is 30.4 Å². The van der Waals surface area contributed by atoms with Gasteiger partial charge in [0.25, 0.3) is 5.91 Å². The van der Waals surface area contributed by atoms with Crippen molar-refractivity contribution >= 4 is 5.91 Å². The summed E-state index contributed by atoms with van der Waals surface area (Å²) in [5.74, 6) is 0.0581. The van der Waals surface area contributed by atoms with Gasteiger partial charge in [0, 0.05) is 32.2 Å². The Kier molecular flexibility index (Phi) is 3.29. The van der Waals surface area contributed by atoms with E-state index in [1.165, 1.54) is 11.1 Å². The van der Waals surface area contributed by atoms with E-state index in [4.69, 9.17) is 0 Å². The molecule has 90 valence electrons. The Morgan fingerprint density at radius 1 is 1.41 bits per heavy atom. The summed E-state index contributed by atoms with van der Waals surface area (Å²) in [5, 5.41) is 3.28. The highest BCUT2D eigenvalue weighted by Gasteiger charge is 2.15. The molecule has 0 radical (unpaired) electrons. The number of carbonyl (C=O) groups is 1. The molecular weight excluding hydrogens is 212 g/mol. The normalized spacial score (nSPS) is 13.3. The van der Waals surface area contributed by atoms with Gasteiger partial charge in [-0.2, -0.15) is 0 Å². The minimum atomic E-state index is 0.0581. The maximum absolute atomic E-state index is 12.1. The van der Waals surface area contributed by atoms with Gasteiger partial charge < -0.3 is 10.2 Å². The first-order chi connectivity index (χ1) is 8.08. The van der Waals surface area contributed by atoms with E-state index in [1.54, 1.807) is 4.90 Å². The molecule has 1 aromatic carbocycles. The van der Waals surface area contributed by atoms with Gasteiger partial charge in [0.1, 0.15) is 0 Å². The molecule has 0 saturated carbocycles. The zero-order chi connectivity index (χ0) is 12.4. The number of benzene rings is 1. The average Bonchev–Trinajstić information content (AvgIpc) is 2.73. The number of hydrogen-bond acceptors (Lipinski definition) is 2. The number of amides is 1. The lowest BCUT2D eigenvalue weighted by atomic mass is 10.1. The maximum Gasteiger partial charge on any atom is 0.253 e. The second-order valence-corrected chi connectivity index (χ2v) is 4.71. The number of nitrogens with one attached hydrogen (secondary N) is 1. The van der Waals surface area contributed by atoms with Gasteiger partial charge in [-0.15, -0.1) is 0 Å². The smallest absolute Gasteiger partial charge is 0.253 e. The number of hydrogen-bond donors (Lipinski definition) is 1. The lowest BCUT2D eigenvalue weighted by Gasteiger charge is -2.17. The summed E-state index contributed by atoms with van der Waals surface area (Å²) >= 11 is 0. The van der Waals surface area contributed by atoms with Gasteiger partial charge in [0.2, 0.25) is 0 Å². The molecule has 1 aromatic rings. The highest BCUT2D eigenvalue weighted by molar-refractivity contribution is 5.94. The fourth-order valence-corrected chi connectivity index (χ4v) is 2.12. The van der Waals surface area contributed by atoms with E-state index in [9.17, 15) is 4.79 Å². The number of nitrogens with zero attached hydrogens (tertiary/aromatic N) is 1. The SMILES string of the molecule is C=C(C)CN(C)C(=O)c1ccc2c(c1)CNC2. The van der Waals surface area contributed by atoms with Gasteiger partial charge in [-0.3, -0.25) is 4.79 Å². The predicted molar refractivity (Wildman–Crippen MR) is 68.8 cm³/mol. The summed E-state index contributed by atoms with van der Waals surface area (Å²) in [6, 6.07) is 5.94. The molecule has 3 nitrogen and oxygen atoms in total. The summed E-state index contributed by atoms with van der Waals surface area (Å²) in [7, 11) is 1.81. The molecule has 1 aliphatic heterocycles. The Morgan fingerprint density at radius 2 is 2.12 bits per heavy atom. The van der Waals surface area contributed by atoms with Crippen LogP contribution in [0.3, 0.4) is 0 Å². The fourth-order valence-electron chi connectivity index (χ4n) is 2.12. The Morgan fingerprint density at radius 3 is 2.82 bits per heavy atom. The molecule has 1 N–H and O–H groups in total. The molecule has 1 aliphatic rings. The molecule has 2 rings (SSSR count). The summed E-state index contributed by atoms with van der Waals surface area (Å²) in [6.07, 6.45) is 0. The van der Waals surface area contributed by atoms with Crippen LogP contribution in [0.4, 0.5) is 0 Å². The second-order valence-electron chi connectivity index (χ2n) is 4.71. The third-order valence-corrected chi connectivity index (χ3v) is 2.94. The van der Waals surface area contributed by atoms with Crippen molar-refractivity contribution in [3.8, 4) is 0 Å². The number of likely N-dealkylation sites (N-methyl/N-ethyl adjacent to an activating group) is 1. The van der Waals surface area contributed by atoms with Crippen LogP contribution in [0, 0.1) is 0 Å². The summed E-state index contributed by atoms with van der Waals surface area (Å²) in [4.78, 5) is 13.8. The van der Waals surface area contributed by atoms with Crippen LogP contribution in [0.2, 0.25) is 0 Å². The van der Waals surface area contributed by atoms with E-state index >= 15 is 0 Å². The Labute approximate surface area is 102 Å². The molecule has 0 saturated heterocycles. The van der Waals surface area contributed by atoms with Crippen molar-refractivity contribution in [3.63, 3.8) is 0 Å². The number of fused-ring (bicyclic) bond motifs is 1. The van der Waals surface area contributed by atoms with Crippen LogP contribution in [0.25, 0.3) is 0 Å². The van der Waals surface area contributed by atoms with Crippen molar-refractivity contribution in [2.75, 3.05) is 13.6 Å². The molecule has 1 amide bonds. The fraction of sp³-hybridized carbons (Fsp3) is 0.357. The van der Waals surface area contributed by atoms with Crippen LogP contribution >= 0.6 is 0 Å². The molecular formula is C14H18N2O. The van der Waals surface area contributed by atoms with Crippen LogP contribution in [-0.2, 0) is 13.1 Å². The van der Waals surface area contributed by atoms with E-state index in [-0.39, 0.29) is 5.91 Å². The summed E-state index contributed by atoms with van der Waals surface area (Å²) < 4.78 is 0. The standard InChI is InChI=1S/C14H18N2O/c1-10(2)9-16(3)14(17)11-4-5-12-7-15-8-13(12)6-11/h4-6,15H,1,7-9H2,2-3H3. The third-order valence-electron chi connectivity index (χ3n) is 2.94. The summed E-state index contributed by atoms with van der Waals surface area (Å²) in [6.45, 7) is 8.13.